The van der Waals surface area contributed by atoms with Crippen LogP contribution in [0.1, 0.15) is 27.8 Å². The molecular weight excluding hydrogens is 318 g/mol. The molecule has 1 aliphatic heterocycles. The SMILES string of the molecule is COC(=O)[C@@H]1CN(C(=O)c2nc(C)n3ccccc23)c2ccccc21. The van der Waals surface area contributed by atoms with Crippen molar-refractivity contribution in [3.63, 3.8) is 0 Å². The van der Waals surface area contributed by atoms with Gasteiger partial charge in [-0.05, 0) is 30.7 Å². The summed E-state index contributed by atoms with van der Waals surface area (Å²) in [6, 6.07) is 13.1. The third-order valence-corrected chi connectivity index (χ3v) is 4.63. The number of carbonyl (C=O) groups excluding carboxylic acids is 2. The molecule has 0 spiro atoms. The van der Waals surface area contributed by atoms with Gasteiger partial charge in [0.25, 0.3) is 5.91 Å². The van der Waals surface area contributed by atoms with Crippen LogP contribution in [0.15, 0.2) is 48.7 Å². The number of benzene rings is 1. The number of anilines is 1. The number of aromatic nitrogens is 2. The zero-order chi connectivity index (χ0) is 17.6. The number of carbonyl (C=O) groups is 2. The highest BCUT2D eigenvalue weighted by Crippen LogP contribution is 2.37. The predicted molar refractivity (Wildman–Crippen MR) is 92.8 cm³/mol. The number of pyridine rings is 1. The number of hydrogen-bond donors (Lipinski definition) is 0. The highest BCUT2D eigenvalue weighted by molar-refractivity contribution is 6.11. The van der Waals surface area contributed by atoms with Crippen LogP contribution in [-0.4, -0.2) is 34.9 Å². The van der Waals surface area contributed by atoms with E-state index in [1.807, 2.05) is 60.0 Å². The maximum Gasteiger partial charge on any atom is 0.315 e. The number of nitrogens with zero attached hydrogens (tertiary/aromatic N) is 3. The molecule has 1 atom stereocenters. The minimum atomic E-state index is -0.472. The highest BCUT2D eigenvalue weighted by atomic mass is 16.5. The smallest absolute Gasteiger partial charge is 0.315 e. The van der Waals surface area contributed by atoms with Crippen molar-refractivity contribution in [1.29, 1.82) is 0 Å². The minimum absolute atomic E-state index is 0.212. The van der Waals surface area contributed by atoms with Crippen LogP contribution in [0, 0.1) is 6.92 Å². The summed E-state index contributed by atoms with van der Waals surface area (Å²) in [5, 5.41) is 0. The molecule has 6 nitrogen and oxygen atoms in total. The molecule has 6 heteroatoms. The minimum Gasteiger partial charge on any atom is -0.468 e. The van der Waals surface area contributed by atoms with Crippen molar-refractivity contribution in [2.24, 2.45) is 0 Å². The summed E-state index contributed by atoms with van der Waals surface area (Å²) >= 11 is 0. The van der Waals surface area contributed by atoms with Crippen LogP contribution in [0.2, 0.25) is 0 Å². The molecule has 1 aliphatic rings. The molecule has 0 saturated heterocycles. The van der Waals surface area contributed by atoms with E-state index in [9.17, 15) is 9.59 Å². The van der Waals surface area contributed by atoms with Gasteiger partial charge in [0.1, 0.15) is 11.7 Å². The Morgan fingerprint density at radius 1 is 1.16 bits per heavy atom. The van der Waals surface area contributed by atoms with E-state index in [1.165, 1.54) is 7.11 Å². The number of amides is 1. The first-order chi connectivity index (χ1) is 12.1. The zero-order valence-electron chi connectivity index (χ0n) is 14.0. The van der Waals surface area contributed by atoms with E-state index in [4.69, 9.17) is 4.74 Å². The van der Waals surface area contributed by atoms with Gasteiger partial charge in [0.2, 0.25) is 0 Å². The lowest BCUT2D eigenvalue weighted by molar-refractivity contribution is -0.141. The molecule has 0 unspecified atom stereocenters. The second kappa shape index (κ2) is 5.73. The Balaban J connectivity index is 1.79. The van der Waals surface area contributed by atoms with Crippen LogP contribution in [0.5, 0.6) is 0 Å². The van der Waals surface area contributed by atoms with E-state index in [0.29, 0.717) is 5.69 Å². The van der Waals surface area contributed by atoms with Crippen LogP contribution in [0.3, 0.4) is 0 Å². The molecule has 0 bridgehead atoms. The maximum atomic E-state index is 13.2. The number of methoxy groups -OCH3 is 1. The molecule has 2 aromatic heterocycles. The van der Waals surface area contributed by atoms with Gasteiger partial charge in [-0.2, -0.15) is 0 Å². The topological polar surface area (TPSA) is 63.9 Å². The molecule has 126 valence electrons. The number of esters is 1. The Kier molecular flexibility index (Phi) is 3.53. The van der Waals surface area contributed by atoms with E-state index < -0.39 is 5.92 Å². The summed E-state index contributed by atoms with van der Waals surface area (Å²) in [7, 11) is 1.36. The standard InChI is InChI=1S/C19H17N3O3/c1-12-20-17(16-9-5-6-10-21(12)16)18(23)22-11-14(19(24)25-2)13-7-3-4-8-15(13)22/h3-10,14H,11H2,1-2H3/t14-/m1/s1. The number of ether oxygens (including phenoxy) is 1. The van der Waals surface area contributed by atoms with Gasteiger partial charge in [0, 0.05) is 18.4 Å². The number of aryl methyl sites for hydroxylation is 1. The second-order valence-corrected chi connectivity index (χ2v) is 6.01. The van der Waals surface area contributed by atoms with Gasteiger partial charge in [-0.25, -0.2) is 4.98 Å². The van der Waals surface area contributed by atoms with Crippen molar-refractivity contribution in [2.75, 3.05) is 18.6 Å². The van der Waals surface area contributed by atoms with Crippen LogP contribution in [0.4, 0.5) is 5.69 Å². The largest absolute Gasteiger partial charge is 0.468 e. The zero-order valence-corrected chi connectivity index (χ0v) is 14.0. The van der Waals surface area contributed by atoms with Gasteiger partial charge in [-0.1, -0.05) is 24.3 Å². The summed E-state index contributed by atoms with van der Waals surface area (Å²) in [5.41, 5.74) is 2.68. The fourth-order valence-corrected chi connectivity index (χ4v) is 3.42. The molecule has 1 aromatic carbocycles. The first kappa shape index (κ1) is 15.4. The summed E-state index contributed by atoms with van der Waals surface area (Å²) in [5.74, 6) is -0.277. The highest BCUT2D eigenvalue weighted by Gasteiger charge is 2.38. The fourth-order valence-electron chi connectivity index (χ4n) is 3.42. The van der Waals surface area contributed by atoms with Crippen LogP contribution in [-0.2, 0) is 9.53 Å². The van der Waals surface area contributed by atoms with Crippen LogP contribution < -0.4 is 4.90 Å². The third kappa shape index (κ3) is 2.29. The Morgan fingerprint density at radius 2 is 1.92 bits per heavy atom. The second-order valence-electron chi connectivity index (χ2n) is 6.01. The number of para-hydroxylation sites is 1. The van der Waals surface area contributed by atoms with E-state index in [1.54, 1.807) is 4.90 Å². The normalized spacial score (nSPS) is 16.1. The van der Waals surface area contributed by atoms with Crippen molar-refractivity contribution in [3.05, 3.63) is 65.7 Å². The first-order valence-corrected chi connectivity index (χ1v) is 8.04. The lowest BCUT2D eigenvalue weighted by Gasteiger charge is -2.16. The Hall–Kier alpha value is -3.15. The summed E-state index contributed by atoms with van der Waals surface area (Å²) in [6.45, 7) is 2.12. The Bertz CT molecular complexity index is 992. The molecule has 3 aromatic rings. The van der Waals surface area contributed by atoms with E-state index >= 15 is 0 Å². The van der Waals surface area contributed by atoms with Crippen LogP contribution >= 0.6 is 0 Å². The fraction of sp³-hybridized carbons (Fsp3) is 0.211. The molecule has 0 fully saturated rings. The lowest BCUT2D eigenvalue weighted by atomic mass is 10.0. The van der Waals surface area contributed by atoms with Gasteiger partial charge in [0.05, 0.1) is 12.6 Å². The van der Waals surface area contributed by atoms with Gasteiger partial charge in [-0.15, -0.1) is 0 Å². The number of imidazole rings is 1. The van der Waals surface area contributed by atoms with Crippen molar-refractivity contribution in [2.45, 2.75) is 12.8 Å². The molecule has 3 heterocycles. The molecule has 0 saturated carbocycles. The van der Waals surface area contributed by atoms with E-state index in [-0.39, 0.29) is 18.4 Å². The monoisotopic (exact) mass is 335 g/mol. The van der Waals surface area contributed by atoms with Gasteiger partial charge < -0.3 is 14.0 Å². The maximum absolute atomic E-state index is 13.2. The Labute approximate surface area is 144 Å². The van der Waals surface area contributed by atoms with E-state index in [0.717, 1.165) is 22.6 Å². The molecule has 0 radical (unpaired) electrons. The average molecular weight is 335 g/mol. The quantitative estimate of drug-likeness (QED) is 0.675. The molecular formula is C19H17N3O3. The van der Waals surface area contributed by atoms with Crippen molar-refractivity contribution >= 4 is 23.1 Å². The molecule has 25 heavy (non-hydrogen) atoms. The third-order valence-electron chi connectivity index (χ3n) is 4.63. The molecule has 4 rings (SSSR count). The van der Waals surface area contributed by atoms with Crippen molar-refractivity contribution < 1.29 is 14.3 Å². The van der Waals surface area contributed by atoms with E-state index in [2.05, 4.69) is 4.98 Å². The number of fused-ring (bicyclic) bond motifs is 2. The predicted octanol–water partition coefficient (Wildman–Crippen LogP) is 2.56. The lowest BCUT2D eigenvalue weighted by Crippen LogP contribution is -2.32. The van der Waals surface area contributed by atoms with Gasteiger partial charge >= 0.3 is 5.97 Å². The average Bonchev–Trinajstić information content (AvgIpc) is 3.20. The van der Waals surface area contributed by atoms with Gasteiger partial charge in [0.15, 0.2) is 5.69 Å². The Morgan fingerprint density at radius 3 is 2.72 bits per heavy atom. The molecule has 0 N–H and O–H groups in total. The van der Waals surface area contributed by atoms with Crippen molar-refractivity contribution in [1.82, 2.24) is 9.38 Å². The summed E-state index contributed by atoms with van der Waals surface area (Å²) in [4.78, 5) is 31.4. The van der Waals surface area contributed by atoms with Crippen molar-refractivity contribution in [3.8, 4) is 0 Å². The number of rotatable bonds is 2. The first-order valence-electron chi connectivity index (χ1n) is 8.04. The number of hydrogen-bond acceptors (Lipinski definition) is 4. The molecule has 0 aliphatic carbocycles. The summed E-state index contributed by atoms with van der Waals surface area (Å²) < 4.78 is 6.78. The van der Waals surface area contributed by atoms with Gasteiger partial charge in [-0.3, -0.25) is 9.59 Å². The van der Waals surface area contributed by atoms with Crippen LogP contribution in [0.25, 0.3) is 5.52 Å². The summed E-state index contributed by atoms with van der Waals surface area (Å²) in [6.07, 6.45) is 1.88. The molecule has 1 amide bonds.